The third kappa shape index (κ3) is 6.00. The molecule has 9 heteroatoms. The number of hydrogen-bond donors (Lipinski definition) is 1. The van der Waals surface area contributed by atoms with Crippen LogP contribution in [-0.4, -0.2) is 44.0 Å². The van der Waals surface area contributed by atoms with Gasteiger partial charge in [0.05, 0.1) is 4.90 Å². The molecule has 2 aromatic carbocycles. The van der Waals surface area contributed by atoms with Crippen LogP contribution < -0.4 is 5.32 Å². The highest BCUT2D eigenvalue weighted by molar-refractivity contribution is 7.98. The summed E-state index contributed by atoms with van der Waals surface area (Å²) in [6.45, 7) is 3.18. The molecule has 0 aromatic heterocycles. The van der Waals surface area contributed by atoms with Gasteiger partial charge in [0.15, 0.2) is 0 Å². The lowest BCUT2D eigenvalue weighted by Crippen LogP contribution is -2.35. The van der Waals surface area contributed by atoms with Crippen LogP contribution >= 0.6 is 23.4 Å². The minimum atomic E-state index is -3.60. The van der Waals surface area contributed by atoms with E-state index in [1.807, 2.05) is 0 Å². The van der Waals surface area contributed by atoms with Gasteiger partial charge in [0, 0.05) is 47.3 Å². The lowest BCUT2D eigenvalue weighted by atomic mass is 10.1. The summed E-state index contributed by atoms with van der Waals surface area (Å²) in [5, 5.41) is 3.21. The number of nitrogens with one attached hydrogen (secondary N) is 1. The predicted molar refractivity (Wildman–Crippen MR) is 124 cm³/mol. The van der Waals surface area contributed by atoms with E-state index in [-0.39, 0.29) is 16.6 Å². The number of carbonyl (C=O) groups excluding carboxylic acids is 1. The van der Waals surface area contributed by atoms with Crippen LogP contribution in [0.1, 0.15) is 40.7 Å². The number of piperidine rings is 1. The number of sulfonamides is 1. The van der Waals surface area contributed by atoms with E-state index in [9.17, 15) is 17.6 Å². The Kier molecular flexibility index (Phi) is 8.38. The minimum absolute atomic E-state index is 0.147. The zero-order valence-electron chi connectivity index (χ0n) is 17.4. The summed E-state index contributed by atoms with van der Waals surface area (Å²) in [6.07, 6.45) is 2.75. The van der Waals surface area contributed by atoms with Crippen molar-refractivity contribution in [3.63, 3.8) is 0 Å². The first-order valence-corrected chi connectivity index (χ1v) is 13.2. The molecule has 0 aliphatic carbocycles. The molecule has 0 unspecified atom stereocenters. The SMILES string of the molecule is Cc1ccc(S(=O)(=O)N2CCCCC2)cc1C(=O)NCCSCc1c(F)cccc1Cl. The zero-order chi connectivity index (χ0) is 22.4. The minimum Gasteiger partial charge on any atom is -0.351 e. The van der Waals surface area contributed by atoms with Gasteiger partial charge in [-0.2, -0.15) is 16.1 Å². The number of hydrogen-bond acceptors (Lipinski definition) is 4. The fraction of sp³-hybridized carbons (Fsp3) is 0.409. The normalized spacial score (nSPS) is 15.1. The Morgan fingerprint density at radius 3 is 2.65 bits per heavy atom. The van der Waals surface area contributed by atoms with Gasteiger partial charge in [-0.1, -0.05) is 30.2 Å². The Labute approximate surface area is 192 Å². The van der Waals surface area contributed by atoms with Crippen LogP contribution in [0.15, 0.2) is 41.3 Å². The van der Waals surface area contributed by atoms with E-state index in [4.69, 9.17) is 11.6 Å². The molecule has 1 aliphatic heterocycles. The Morgan fingerprint density at radius 1 is 1.19 bits per heavy atom. The van der Waals surface area contributed by atoms with Gasteiger partial charge in [0.25, 0.3) is 5.91 Å². The average Bonchev–Trinajstić information content (AvgIpc) is 2.76. The molecule has 1 amide bonds. The summed E-state index contributed by atoms with van der Waals surface area (Å²) in [7, 11) is -3.60. The number of thioether (sulfide) groups is 1. The van der Waals surface area contributed by atoms with E-state index in [0.29, 0.717) is 52.9 Å². The van der Waals surface area contributed by atoms with Crippen molar-refractivity contribution in [1.29, 1.82) is 0 Å². The highest BCUT2D eigenvalue weighted by Gasteiger charge is 2.27. The van der Waals surface area contributed by atoms with E-state index in [1.54, 1.807) is 31.2 Å². The van der Waals surface area contributed by atoms with Crippen molar-refractivity contribution in [2.75, 3.05) is 25.4 Å². The largest absolute Gasteiger partial charge is 0.351 e. The van der Waals surface area contributed by atoms with E-state index >= 15 is 0 Å². The lowest BCUT2D eigenvalue weighted by Gasteiger charge is -2.26. The maximum atomic E-state index is 13.8. The van der Waals surface area contributed by atoms with E-state index in [1.165, 1.54) is 28.2 Å². The highest BCUT2D eigenvalue weighted by Crippen LogP contribution is 2.24. The van der Waals surface area contributed by atoms with E-state index in [2.05, 4.69) is 5.32 Å². The molecule has 5 nitrogen and oxygen atoms in total. The highest BCUT2D eigenvalue weighted by atomic mass is 35.5. The number of benzene rings is 2. The third-order valence-electron chi connectivity index (χ3n) is 5.25. The number of rotatable bonds is 8. The first-order chi connectivity index (χ1) is 14.8. The molecule has 1 N–H and O–H groups in total. The van der Waals surface area contributed by atoms with Gasteiger partial charge < -0.3 is 5.32 Å². The quantitative estimate of drug-likeness (QED) is 0.555. The summed E-state index contributed by atoms with van der Waals surface area (Å²) in [4.78, 5) is 12.8. The first-order valence-electron chi connectivity index (χ1n) is 10.2. The lowest BCUT2D eigenvalue weighted by molar-refractivity contribution is 0.0955. The van der Waals surface area contributed by atoms with Crippen molar-refractivity contribution in [3.05, 3.63) is 63.9 Å². The van der Waals surface area contributed by atoms with Crippen molar-refractivity contribution >= 4 is 39.3 Å². The van der Waals surface area contributed by atoms with Crippen LogP contribution in [0, 0.1) is 12.7 Å². The number of halogens is 2. The van der Waals surface area contributed by atoms with Crippen LogP contribution in [0.3, 0.4) is 0 Å². The van der Waals surface area contributed by atoms with Gasteiger partial charge in [0.2, 0.25) is 10.0 Å². The molecular formula is C22H26ClFN2O3S2. The predicted octanol–water partition coefficient (Wildman–Crippen LogP) is 4.63. The Hall–Kier alpha value is -1.61. The summed E-state index contributed by atoms with van der Waals surface area (Å²) < 4.78 is 41.1. The van der Waals surface area contributed by atoms with Gasteiger partial charge >= 0.3 is 0 Å². The molecule has 1 saturated heterocycles. The Bertz CT molecular complexity index is 1020. The molecule has 0 radical (unpaired) electrons. The van der Waals surface area contributed by atoms with Crippen molar-refractivity contribution in [2.24, 2.45) is 0 Å². The first kappa shape index (κ1) is 24.0. The Morgan fingerprint density at radius 2 is 1.94 bits per heavy atom. The van der Waals surface area contributed by atoms with Crippen molar-refractivity contribution < 1.29 is 17.6 Å². The standard InChI is InChI=1S/C22H26ClFN2O3S2/c1-16-8-9-17(31(28,29)26-11-3-2-4-12-26)14-18(16)22(27)25-10-13-30-15-19-20(23)6-5-7-21(19)24/h5-9,14H,2-4,10-13,15H2,1H3,(H,25,27). The molecule has 31 heavy (non-hydrogen) atoms. The number of aryl methyl sites for hydroxylation is 1. The summed E-state index contributed by atoms with van der Waals surface area (Å²) in [5.74, 6) is 0.315. The summed E-state index contributed by atoms with van der Waals surface area (Å²) in [6, 6.07) is 9.27. The molecule has 0 atom stereocenters. The zero-order valence-corrected chi connectivity index (χ0v) is 19.8. The van der Waals surface area contributed by atoms with Crippen LogP contribution in [0.2, 0.25) is 5.02 Å². The number of amides is 1. The monoisotopic (exact) mass is 484 g/mol. The van der Waals surface area contributed by atoms with Crippen LogP contribution in [0.5, 0.6) is 0 Å². The molecule has 1 heterocycles. The van der Waals surface area contributed by atoms with Gasteiger partial charge in [-0.15, -0.1) is 0 Å². The van der Waals surface area contributed by atoms with Crippen molar-refractivity contribution in [2.45, 2.75) is 36.8 Å². The second-order valence-electron chi connectivity index (χ2n) is 7.45. The Balaban J connectivity index is 1.58. The van der Waals surface area contributed by atoms with Crippen molar-refractivity contribution in [1.82, 2.24) is 9.62 Å². The summed E-state index contributed by atoms with van der Waals surface area (Å²) in [5.41, 5.74) is 1.51. The molecule has 0 spiro atoms. The average molecular weight is 485 g/mol. The molecule has 1 aliphatic rings. The molecule has 3 rings (SSSR count). The fourth-order valence-electron chi connectivity index (χ4n) is 3.44. The number of nitrogens with zero attached hydrogens (tertiary/aromatic N) is 1. The van der Waals surface area contributed by atoms with Gasteiger partial charge in [0.1, 0.15) is 5.82 Å². The molecule has 2 aromatic rings. The molecular weight excluding hydrogens is 459 g/mol. The fourth-order valence-corrected chi connectivity index (χ4v) is 6.18. The second-order valence-corrected chi connectivity index (χ2v) is 10.9. The van der Waals surface area contributed by atoms with E-state index in [0.717, 1.165) is 19.3 Å². The maximum absolute atomic E-state index is 13.8. The van der Waals surface area contributed by atoms with Crippen LogP contribution in [-0.2, 0) is 15.8 Å². The third-order valence-corrected chi connectivity index (χ3v) is 8.48. The van der Waals surface area contributed by atoms with Crippen LogP contribution in [0.25, 0.3) is 0 Å². The molecule has 1 fully saturated rings. The molecule has 0 saturated carbocycles. The van der Waals surface area contributed by atoms with E-state index < -0.39 is 10.0 Å². The van der Waals surface area contributed by atoms with Crippen LogP contribution in [0.4, 0.5) is 4.39 Å². The topological polar surface area (TPSA) is 66.5 Å². The second kappa shape index (κ2) is 10.8. The summed E-state index contributed by atoms with van der Waals surface area (Å²) >= 11 is 7.48. The number of carbonyl (C=O) groups is 1. The van der Waals surface area contributed by atoms with Gasteiger partial charge in [-0.3, -0.25) is 4.79 Å². The van der Waals surface area contributed by atoms with Crippen molar-refractivity contribution in [3.8, 4) is 0 Å². The van der Waals surface area contributed by atoms with Gasteiger partial charge in [-0.25, -0.2) is 12.8 Å². The maximum Gasteiger partial charge on any atom is 0.251 e. The van der Waals surface area contributed by atoms with Gasteiger partial charge in [-0.05, 0) is 49.6 Å². The molecule has 168 valence electrons. The molecule has 0 bridgehead atoms. The smallest absolute Gasteiger partial charge is 0.251 e.